The summed E-state index contributed by atoms with van der Waals surface area (Å²) < 4.78 is 2.86. The van der Waals surface area contributed by atoms with Crippen molar-refractivity contribution in [2.75, 3.05) is 0 Å². The van der Waals surface area contributed by atoms with Gasteiger partial charge in [0.1, 0.15) is 6.10 Å². The van der Waals surface area contributed by atoms with Crippen molar-refractivity contribution in [3.8, 4) is 0 Å². The normalized spacial score (nSPS) is 33.8. The number of aryl methyl sites for hydroxylation is 1. The fraction of sp³-hybridized carbons (Fsp3) is 0.750. The van der Waals surface area contributed by atoms with Crippen LogP contribution < -0.4 is 0 Å². The van der Waals surface area contributed by atoms with Crippen LogP contribution in [0.15, 0.2) is 10.7 Å². The summed E-state index contributed by atoms with van der Waals surface area (Å²) in [6.07, 6.45) is 5.44. The van der Waals surface area contributed by atoms with Gasteiger partial charge in [-0.05, 0) is 53.4 Å². The molecule has 0 aromatic carbocycles. The molecule has 0 amide bonds. The molecule has 2 saturated carbocycles. The zero-order valence-corrected chi connectivity index (χ0v) is 11.0. The molecule has 3 unspecified atom stereocenters. The van der Waals surface area contributed by atoms with Crippen LogP contribution in [-0.4, -0.2) is 14.9 Å². The van der Waals surface area contributed by atoms with E-state index >= 15 is 0 Å². The monoisotopic (exact) mass is 284 g/mol. The largest absolute Gasteiger partial charge is 0.386 e. The minimum absolute atomic E-state index is 0.327. The van der Waals surface area contributed by atoms with Crippen LogP contribution in [0.4, 0.5) is 0 Å². The van der Waals surface area contributed by atoms with E-state index in [-0.39, 0.29) is 6.10 Å². The minimum atomic E-state index is -0.327. The third-order valence-electron chi connectivity index (χ3n) is 4.25. The van der Waals surface area contributed by atoms with Crippen LogP contribution >= 0.6 is 15.9 Å². The summed E-state index contributed by atoms with van der Waals surface area (Å²) in [6, 6.07) is 0. The van der Waals surface area contributed by atoms with Crippen molar-refractivity contribution < 1.29 is 5.11 Å². The summed E-state index contributed by atoms with van der Waals surface area (Å²) >= 11 is 3.49. The van der Waals surface area contributed by atoms with E-state index in [0.29, 0.717) is 5.92 Å². The van der Waals surface area contributed by atoms with Gasteiger partial charge in [0.25, 0.3) is 0 Å². The van der Waals surface area contributed by atoms with Gasteiger partial charge in [-0.25, -0.2) is 0 Å². The van der Waals surface area contributed by atoms with E-state index in [4.69, 9.17) is 0 Å². The molecule has 2 aliphatic rings. The van der Waals surface area contributed by atoms with Gasteiger partial charge in [0.15, 0.2) is 0 Å². The maximum Gasteiger partial charge on any atom is 0.100 e. The Morgan fingerprint density at radius 2 is 2.25 bits per heavy atom. The lowest BCUT2D eigenvalue weighted by Gasteiger charge is -2.15. The van der Waals surface area contributed by atoms with E-state index in [0.717, 1.165) is 28.5 Å². The SMILES string of the molecule is CCn1ncc(Br)c1C(O)C1C2CCCC21. The van der Waals surface area contributed by atoms with E-state index < -0.39 is 0 Å². The lowest BCUT2D eigenvalue weighted by atomic mass is 10.0. The molecule has 1 aromatic rings. The number of halogens is 1. The van der Waals surface area contributed by atoms with Gasteiger partial charge in [-0.15, -0.1) is 0 Å². The van der Waals surface area contributed by atoms with Crippen molar-refractivity contribution in [3.05, 3.63) is 16.4 Å². The van der Waals surface area contributed by atoms with Gasteiger partial charge in [0.05, 0.1) is 16.4 Å². The molecule has 2 fully saturated rings. The molecule has 88 valence electrons. The van der Waals surface area contributed by atoms with Crippen molar-refractivity contribution in [2.45, 2.75) is 38.8 Å². The topological polar surface area (TPSA) is 38.0 Å². The summed E-state index contributed by atoms with van der Waals surface area (Å²) in [5.41, 5.74) is 0.974. The van der Waals surface area contributed by atoms with Gasteiger partial charge in [0.2, 0.25) is 0 Å². The molecule has 3 atom stereocenters. The summed E-state index contributed by atoms with van der Waals surface area (Å²) in [7, 11) is 0. The maximum absolute atomic E-state index is 10.5. The Kier molecular flexibility index (Phi) is 2.59. The number of rotatable bonds is 3. The first-order chi connectivity index (χ1) is 7.74. The van der Waals surface area contributed by atoms with Crippen molar-refractivity contribution in [2.24, 2.45) is 17.8 Å². The molecule has 0 aliphatic heterocycles. The second kappa shape index (κ2) is 3.84. The Labute approximate surface area is 104 Å². The molecular formula is C12H17BrN2O. The van der Waals surface area contributed by atoms with Gasteiger partial charge >= 0.3 is 0 Å². The first kappa shape index (κ1) is 10.8. The predicted octanol–water partition coefficient (Wildman–Crippen LogP) is 2.75. The Hall–Kier alpha value is -0.350. The van der Waals surface area contributed by atoms with Crippen LogP contribution in [0, 0.1) is 17.8 Å². The number of hydrogen-bond acceptors (Lipinski definition) is 2. The van der Waals surface area contributed by atoms with E-state index in [9.17, 15) is 5.11 Å². The van der Waals surface area contributed by atoms with Gasteiger partial charge < -0.3 is 5.11 Å². The number of aromatic nitrogens is 2. The molecule has 3 rings (SSSR count). The maximum atomic E-state index is 10.5. The lowest BCUT2D eigenvalue weighted by Crippen LogP contribution is -2.12. The molecule has 0 spiro atoms. The van der Waals surface area contributed by atoms with Crippen LogP contribution in [0.2, 0.25) is 0 Å². The minimum Gasteiger partial charge on any atom is -0.386 e. The van der Waals surface area contributed by atoms with Crippen LogP contribution in [-0.2, 0) is 6.54 Å². The van der Waals surface area contributed by atoms with Crippen molar-refractivity contribution in [1.29, 1.82) is 0 Å². The van der Waals surface area contributed by atoms with E-state index in [1.54, 1.807) is 6.20 Å². The molecule has 2 aliphatic carbocycles. The smallest absolute Gasteiger partial charge is 0.100 e. The van der Waals surface area contributed by atoms with Crippen LogP contribution in [0.3, 0.4) is 0 Å². The number of hydrogen-bond donors (Lipinski definition) is 1. The van der Waals surface area contributed by atoms with Crippen molar-refractivity contribution >= 4 is 15.9 Å². The fourth-order valence-corrected chi connectivity index (χ4v) is 3.98. The van der Waals surface area contributed by atoms with Gasteiger partial charge in [-0.3, -0.25) is 4.68 Å². The number of aliphatic hydroxyl groups is 1. The highest BCUT2D eigenvalue weighted by molar-refractivity contribution is 9.10. The van der Waals surface area contributed by atoms with Crippen LogP contribution in [0.25, 0.3) is 0 Å². The molecule has 0 radical (unpaired) electrons. The highest BCUT2D eigenvalue weighted by Crippen LogP contribution is 2.62. The van der Waals surface area contributed by atoms with E-state index in [1.807, 2.05) is 4.68 Å². The fourth-order valence-electron chi connectivity index (χ4n) is 3.45. The molecule has 4 heteroatoms. The quantitative estimate of drug-likeness (QED) is 0.927. The highest BCUT2D eigenvalue weighted by atomic mass is 79.9. The zero-order valence-electron chi connectivity index (χ0n) is 9.43. The first-order valence-electron chi connectivity index (χ1n) is 6.13. The third-order valence-corrected chi connectivity index (χ3v) is 4.86. The summed E-state index contributed by atoms with van der Waals surface area (Å²) in [6.45, 7) is 2.88. The number of aliphatic hydroxyl groups excluding tert-OH is 1. The average molecular weight is 285 g/mol. The molecule has 16 heavy (non-hydrogen) atoms. The standard InChI is InChI=1S/C12H17BrN2O/c1-2-15-11(9(13)6-14-15)12(16)10-7-4-3-5-8(7)10/h6-8,10,12,16H,2-5H2,1H3. The molecule has 1 aromatic heterocycles. The summed E-state index contributed by atoms with van der Waals surface area (Å²) in [4.78, 5) is 0. The number of nitrogens with zero attached hydrogens (tertiary/aromatic N) is 2. The zero-order chi connectivity index (χ0) is 11.3. The van der Waals surface area contributed by atoms with Crippen LogP contribution in [0.5, 0.6) is 0 Å². The van der Waals surface area contributed by atoms with E-state index in [2.05, 4.69) is 28.0 Å². The predicted molar refractivity (Wildman–Crippen MR) is 64.9 cm³/mol. The second-order valence-corrected chi connectivity index (χ2v) is 5.83. The highest BCUT2D eigenvalue weighted by Gasteiger charge is 2.56. The Morgan fingerprint density at radius 1 is 1.56 bits per heavy atom. The molecule has 0 saturated heterocycles. The molecule has 0 bridgehead atoms. The summed E-state index contributed by atoms with van der Waals surface area (Å²) in [5.74, 6) is 2.05. The second-order valence-electron chi connectivity index (χ2n) is 4.97. The van der Waals surface area contributed by atoms with Gasteiger partial charge in [-0.2, -0.15) is 5.10 Å². The molecule has 1 N–H and O–H groups in total. The summed E-state index contributed by atoms with van der Waals surface area (Å²) in [5, 5.41) is 14.7. The van der Waals surface area contributed by atoms with Gasteiger partial charge in [-0.1, -0.05) is 6.42 Å². The van der Waals surface area contributed by atoms with Crippen LogP contribution in [0.1, 0.15) is 38.0 Å². The Bertz CT molecular complexity index is 394. The molecule has 3 nitrogen and oxygen atoms in total. The van der Waals surface area contributed by atoms with Gasteiger partial charge in [0, 0.05) is 6.54 Å². The Balaban J connectivity index is 1.84. The molecule has 1 heterocycles. The van der Waals surface area contributed by atoms with Crippen molar-refractivity contribution in [1.82, 2.24) is 9.78 Å². The number of fused-ring (bicyclic) bond motifs is 1. The molecular weight excluding hydrogens is 268 g/mol. The average Bonchev–Trinajstić information content (AvgIpc) is 2.66. The lowest BCUT2D eigenvalue weighted by molar-refractivity contribution is 0.126. The third kappa shape index (κ3) is 1.46. The first-order valence-corrected chi connectivity index (χ1v) is 6.92. The Morgan fingerprint density at radius 3 is 2.88 bits per heavy atom. The van der Waals surface area contributed by atoms with E-state index in [1.165, 1.54) is 19.3 Å². The van der Waals surface area contributed by atoms with Crippen molar-refractivity contribution in [3.63, 3.8) is 0 Å².